The fraction of sp³-hybridized carbons (Fsp3) is 0.697. The van der Waals surface area contributed by atoms with Crippen LogP contribution >= 0.6 is 11.8 Å². The quantitative estimate of drug-likeness (QED) is 0.170. The molecule has 2 bridgehead atoms. The Labute approximate surface area is 245 Å². The van der Waals surface area contributed by atoms with Crippen LogP contribution in [-0.2, 0) is 20.9 Å². The highest BCUT2D eigenvalue weighted by Crippen LogP contribution is 2.68. The van der Waals surface area contributed by atoms with E-state index in [9.17, 15) is 14.7 Å². The van der Waals surface area contributed by atoms with Crippen LogP contribution in [0.15, 0.2) is 41.8 Å². The molecular weight excluding hydrogens is 520 g/mol. The van der Waals surface area contributed by atoms with Gasteiger partial charge >= 0.3 is 5.97 Å². The lowest BCUT2D eigenvalue weighted by Crippen LogP contribution is -2.63. The predicted molar refractivity (Wildman–Crippen MR) is 162 cm³/mol. The molecule has 3 aliphatic rings. The van der Waals surface area contributed by atoms with Crippen molar-refractivity contribution in [1.29, 1.82) is 0 Å². The standard InChI is InChI=1S/C33H50N2O4S/c1-8-31(4)19-27(32(5)22(2)12-14-33(23(3)30(31)38)15-13-26(36)29(32)33)39-28(37)21-40-25-11-9-10-24(18-25)20-34-16-17-35(6)7/h8-11,18,22-23,27,29-30,34,38H,1,12-17,19-21H2,2-7H3/t22?,23-,27+,29?,30-,31+,32-,33?/m0/s1. The summed E-state index contributed by atoms with van der Waals surface area (Å²) in [5.74, 6) is 0.203. The van der Waals surface area contributed by atoms with E-state index in [0.717, 1.165) is 43.8 Å². The van der Waals surface area contributed by atoms with Gasteiger partial charge in [-0.25, -0.2) is 0 Å². The number of esters is 1. The highest BCUT2D eigenvalue weighted by Gasteiger charge is 2.68. The number of aliphatic hydroxyl groups is 1. The van der Waals surface area contributed by atoms with Crippen LogP contribution < -0.4 is 5.32 Å². The Morgan fingerprint density at radius 2 is 2.02 bits per heavy atom. The van der Waals surface area contributed by atoms with E-state index in [1.807, 2.05) is 25.1 Å². The van der Waals surface area contributed by atoms with Gasteiger partial charge in [-0.05, 0) is 74.7 Å². The molecule has 3 fully saturated rings. The molecule has 8 atom stereocenters. The van der Waals surface area contributed by atoms with E-state index in [0.29, 0.717) is 12.8 Å². The molecule has 1 aromatic rings. The van der Waals surface area contributed by atoms with Gasteiger partial charge in [0.05, 0.1) is 11.9 Å². The maximum Gasteiger partial charge on any atom is 0.316 e. The summed E-state index contributed by atoms with van der Waals surface area (Å²) in [5, 5.41) is 15.2. The van der Waals surface area contributed by atoms with Crippen molar-refractivity contribution in [2.24, 2.45) is 34.0 Å². The lowest BCUT2D eigenvalue weighted by molar-refractivity contribution is -0.205. The maximum atomic E-state index is 13.6. The van der Waals surface area contributed by atoms with E-state index in [1.165, 1.54) is 17.3 Å². The first-order valence-corrected chi connectivity index (χ1v) is 16.0. The molecule has 0 amide bonds. The molecule has 0 spiro atoms. The summed E-state index contributed by atoms with van der Waals surface area (Å²) in [6.45, 7) is 15.3. The van der Waals surface area contributed by atoms with E-state index in [2.05, 4.69) is 63.8 Å². The van der Waals surface area contributed by atoms with E-state index in [-0.39, 0.29) is 40.7 Å². The predicted octanol–water partition coefficient (Wildman–Crippen LogP) is 5.34. The summed E-state index contributed by atoms with van der Waals surface area (Å²) in [7, 11) is 4.12. The molecule has 0 saturated heterocycles. The normalized spacial score (nSPS) is 37.5. The van der Waals surface area contributed by atoms with Crippen molar-refractivity contribution >= 4 is 23.5 Å². The van der Waals surface area contributed by atoms with Crippen LogP contribution in [0, 0.1) is 34.0 Å². The second-order valence-electron chi connectivity index (χ2n) is 13.5. The SMILES string of the molecule is C=C[C@]1(C)C[C@@H](OC(=O)CSc2cccc(CNCCN(C)C)c2)[C@]2(C)C(C)CCC3(CCC(=O)C32)[C@@H](C)[C@@H]1O. The fourth-order valence-corrected chi connectivity index (χ4v) is 8.88. The zero-order valence-electron chi connectivity index (χ0n) is 25.4. The minimum Gasteiger partial charge on any atom is -0.461 e. The number of likely N-dealkylation sites (N-methyl/N-ethyl adjacent to an activating group) is 1. The molecule has 0 aliphatic heterocycles. The van der Waals surface area contributed by atoms with Crippen molar-refractivity contribution in [2.75, 3.05) is 32.9 Å². The van der Waals surface area contributed by atoms with Crippen LogP contribution in [-0.4, -0.2) is 66.9 Å². The Morgan fingerprint density at radius 3 is 2.73 bits per heavy atom. The first-order chi connectivity index (χ1) is 18.9. The number of aliphatic hydroxyl groups excluding tert-OH is 1. The molecule has 7 heteroatoms. The molecule has 4 rings (SSSR count). The number of thioether (sulfide) groups is 1. The zero-order chi connectivity index (χ0) is 29.3. The minimum absolute atomic E-state index is 0.0318. The van der Waals surface area contributed by atoms with Gasteiger partial charge in [-0.15, -0.1) is 18.3 Å². The Bertz CT molecular complexity index is 1090. The molecule has 3 saturated carbocycles. The van der Waals surface area contributed by atoms with Crippen molar-refractivity contribution in [3.8, 4) is 0 Å². The average molecular weight is 571 g/mol. The molecule has 0 aromatic heterocycles. The summed E-state index contributed by atoms with van der Waals surface area (Å²) in [6, 6.07) is 8.27. The van der Waals surface area contributed by atoms with Gasteiger partial charge in [-0.3, -0.25) is 9.59 Å². The number of nitrogens with zero attached hydrogens (tertiary/aromatic N) is 1. The summed E-state index contributed by atoms with van der Waals surface area (Å²) >= 11 is 1.49. The zero-order valence-corrected chi connectivity index (χ0v) is 26.2. The first kappa shape index (κ1) is 31.3. The largest absolute Gasteiger partial charge is 0.461 e. The maximum absolute atomic E-state index is 13.6. The van der Waals surface area contributed by atoms with Crippen molar-refractivity contribution in [2.45, 2.75) is 83.4 Å². The van der Waals surface area contributed by atoms with Gasteiger partial charge in [0.25, 0.3) is 0 Å². The molecule has 0 heterocycles. The number of carbonyl (C=O) groups excluding carboxylic acids is 2. The van der Waals surface area contributed by atoms with Crippen LogP contribution in [0.25, 0.3) is 0 Å². The third kappa shape index (κ3) is 5.81. The Balaban J connectivity index is 1.52. The molecule has 0 radical (unpaired) electrons. The molecule has 222 valence electrons. The number of rotatable bonds is 10. The number of ether oxygens (including phenoxy) is 1. The second kappa shape index (κ2) is 12.3. The van der Waals surface area contributed by atoms with Crippen LogP contribution in [0.2, 0.25) is 0 Å². The second-order valence-corrected chi connectivity index (χ2v) is 14.5. The van der Waals surface area contributed by atoms with E-state index in [4.69, 9.17) is 4.74 Å². The van der Waals surface area contributed by atoms with Gasteiger partial charge in [0.2, 0.25) is 0 Å². The van der Waals surface area contributed by atoms with Crippen molar-refractivity contribution < 1.29 is 19.4 Å². The number of ketones is 1. The van der Waals surface area contributed by atoms with Gasteiger partial charge < -0.3 is 20.1 Å². The molecule has 6 nitrogen and oxygen atoms in total. The number of hydrogen-bond donors (Lipinski definition) is 2. The summed E-state index contributed by atoms with van der Waals surface area (Å²) < 4.78 is 6.39. The van der Waals surface area contributed by atoms with Crippen LogP contribution in [0.5, 0.6) is 0 Å². The Morgan fingerprint density at radius 1 is 1.27 bits per heavy atom. The van der Waals surface area contributed by atoms with E-state index >= 15 is 0 Å². The number of Topliss-reactive ketones (excluding diaryl/α,β-unsaturated/α-hetero) is 1. The Kier molecular flexibility index (Phi) is 9.60. The molecule has 1 aromatic carbocycles. The number of benzene rings is 1. The van der Waals surface area contributed by atoms with Gasteiger partial charge in [0.15, 0.2) is 0 Å². The highest BCUT2D eigenvalue weighted by atomic mass is 32.2. The molecule has 40 heavy (non-hydrogen) atoms. The van der Waals surface area contributed by atoms with E-state index < -0.39 is 23.0 Å². The van der Waals surface area contributed by atoms with Crippen LogP contribution in [0.3, 0.4) is 0 Å². The van der Waals surface area contributed by atoms with Gasteiger partial charge in [-0.1, -0.05) is 45.9 Å². The van der Waals surface area contributed by atoms with Gasteiger partial charge in [0, 0.05) is 47.7 Å². The van der Waals surface area contributed by atoms with Gasteiger partial charge in [0.1, 0.15) is 11.9 Å². The van der Waals surface area contributed by atoms with Crippen LogP contribution in [0.1, 0.15) is 65.4 Å². The average Bonchev–Trinajstić information content (AvgIpc) is 3.28. The number of nitrogens with one attached hydrogen (secondary N) is 1. The fourth-order valence-electron chi connectivity index (χ4n) is 8.12. The van der Waals surface area contributed by atoms with Crippen LogP contribution in [0.4, 0.5) is 0 Å². The third-order valence-electron chi connectivity index (χ3n) is 10.9. The summed E-state index contributed by atoms with van der Waals surface area (Å²) in [4.78, 5) is 30.2. The van der Waals surface area contributed by atoms with Crippen molar-refractivity contribution in [3.05, 3.63) is 42.5 Å². The summed E-state index contributed by atoms with van der Waals surface area (Å²) in [5.41, 5.74) is -0.180. The minimum atomic E-state index is -0.652. The van der Waals surface area contributed by atoms with Crippen molar-refractivity contribution in [3.63, 3.8) is 0 Å². The highest BCUT2D eigenvalue weighted by molar-refractivity contribution is 8.00. The monoisotopic (exact) mass is 570 g/mol. The lowest BCUT2D eigenvalue weighted by Gasteiger charge is -2.61. The topological polar surface area (TPSA) is 78.9 Å². The first-order valence-electron chi connectivity index (χ1n) is 15.0. The number of hydrogen-bond acceptors (Lipinski definition) is 7. The van der Waals surface area contributed by atoms with E-state index in [1.54, 1.807) is 0 Å². The molecule has 3 unspecified atom stereocenters. The lowest BCUT2D eigenvalue weighted by atomic mass is 9.44. The van der Waals surface area contributed by atoms with Crippen molar-refractivity contribution in [1.82, 2.24) is 10.2 Å². The summed E-state index contributed by atoms with van der Waals surface area (Å²) in [6.07, 6.45) is 4.45. The Hall–Kier alpha value is -1.67. The smallest absolute Gasteiger partial charge is 0.316 e. The van der Waals surface area contributed by atoms with Gasteiger partial charge in [-0.2, -0.15) is 0 Å². The number of carbonyl (C=O) groups is 2. The molecule has 3 aliphatic carbocycles. The molecular formula is C33H50N2O4S. The third-order valence-corrected chi connectivity index (χ3v) is 11.9. The molecule has 2 N–H and O–H groups in total.